The second-order valence-electron chi connectivity index (χ2n) is 2.24. The van der Waals surface area contributed by atoms with Gasteiger partial charge in [0.2, 0.25) is 0 Å². The van der Waals surface area contributed by atoms with Gasteiger partial charge in [0.15, 0.2) is 0 Å². The minimum atomic E-state index is -0.990. The summed E-state index contributed by atoms with van der Waals surface area (Å²) in [5, 5.41) is 2.12. The maximum Gasteiger partial charge on any atom is 0.397 e. The first-order valence-corrected chi connectivity index (χ1v) is 3.45. The zero-order valence-electron chi connectivity index (χ0n) is 7.16. The predicted octanol–water partition coefficient (Wildman–Crippen LogP) is 0.0945. The molecule has 0 atom stereocenters. The first-order chi connectivity index (χ1) is 6.13. The van der Waals surface area contributed by atoms with Crippen molar-refractivity contribution >= 4 is 17.9 Å². The number of esters is 1. The number of hydrogen-bond acceptors (Lipinski definition) is 5. The highest BCUT2D eigenvalue weighted by atomic mass is 16.5. The Labute approximate surface area is 73.9 Å². The Morgan fingerprint density at radius 1 is 1.62 bits per heavy atom. The van der Waals surface area contributed by atoms with Crippen LogP contribution in [0.25, 0.3) is 0 Å². The fourth-order valence-corrected chi connectivity index (χ4v) is 0.652. The van der Waals surface area contributed by atoms with Crippen molar-refractivity contribution in [1.29, 1.82) is 0 Å². The Morgan fingerprint density at radius 2 is 2.31 bits per heavy atom. The largest absolute Gasteiger partial charge is 0.462 e. The number of anilines is 1. The van der Waals surface area contributed by atoms with E-state index in [1.807, 2.05) is 0 Å². The number of rotatable bonds is 1. The lowest BCUT2D eigenvalue weighted by molar-refractivity contribution is -0.150. The number of carbonyl (C=O) groups is 2. The van der Waals surface area contributed by atoms with Crippen LogP contribution in [0.2, 0.25) is 0 Å². The molecule has 6 nitrogen and oxygen atoms in total. The van der Waals surface area contributed by atoms with E-state index in [4.69, 9.17) is 4.42 Å². The van der Waals surface area contributed by atoms with Crippen molar-refractivity contribution in [1.82, 2.24) is 4.98 Å². The van der Waals surface area contributed by atoms with Gasteiger partial charge < -0.3 is 9.15 Å². The fourth-order valence-electron chi connectivity index (χ4n) is 0.652. The number of aryl methyl sites for hydroxylation is 1. The van der Waals surface area contributed by atoms with Crippen molar-refractivity contribution in [2.24, 2.45) is 0 Å². The number of hydrogen-bond donors (Lipinski definition) is 1. The van der Waals surface area contributed by atoms with Crippen LogP contribution >= 0.6 is 0 Å². The van der Waals surface area contributed by atoms with Gasteiger partial charge in [-0.05, 0) is 6.92 Å². The maximum absolute atomic E-state index is 10.9. The van der Waals surface area contributed by atoms with E-state index in [0.29, 0.717) is 5.69 Å². The van der Waals surface area contributed by atoms with Crippen LogP contribution in [-0.4, -0.2) is 24.0 Å². The molecule has 0 radical (unpaired) electrons. The Morgan fingerprint density at radius 3 is 2.77 bits per heavy atom. The maximum atomic E-state index is 10.9. The van der Waals surface area contributed by atoms with Gasteiger partial charge in [-0.15, -0.1) is 0 Å². The molecule has 0 saturated heterocycles. The average molecular weight is 184 g/mol. The molecule has 13 heavy (non-hydrogen) atoms. The van der Waals surface area contributed by atoms with Crippen LogP contribution in [0, 0.1) is 6.92 Å². The van der Waals surface area contributed by atoms with Crippen LogP contribution < -0.4 is 5.32 Å². The third-order valence-electron chi connectivity index (χ3n) is 1.21. The molecule has 0 fully saturated rings. The molecule has 1 heterocycles. The van der Waals surface area contributed by atoms with Crippen LogP contribution in [0.5, 0.6) is 0 Å². The van der Waals surface area contributed by atoms with Crippen molar-refractivity contribution in [3.8, 4) is 0 Å². The van der Waals surface area contributed by atoms with Gasteiger partial charge in [0.25, 0.3) is 0 Å². The summed E-state index contributed by atoms with van der Waals surface area (Å²) in [4.78, 5) is 25.2. The number of aromatic nitrogens is 1. The highest BCUT2D eigenvalue weighted by molar-refractivity contribution is 6.36. The monoisotopic (exact) mass is 184 g/mol. The van der Waals surface area contributed by atoms with Crippen LogP contribution in [-0.2, 0) is 14.3 Å². The van der Waals surface area contributed by atoms with Crippen molar-refractivity contribution in [2.75, 3.05) is 12.4 Å². The zero-order chi connectivity index (χ0) is 9.84. The Bertz CT molecular complexity index is 331. The Hall–Kier alpha value is -1.85. The second kappa shape index (κ2) is 3.70. The van der Waals surface area contributed by atoms with Gasteiger partial charge in [0.1, 0.15) is 6.26 Å². The molecule has 0 aliphatic rings. The highest BCUT2D eigenvalue weighted by Gasteiger charge is 2.15. The Kier molecular flexibility index (Phi) is 2.63. The summed E-state index contributed by atoms with van der Waals surface area (Å²) < 4.78 is 8.95. The first kappa shape index (κ1) is 9.24. The van der Waals surface area contributed by atoms with E-state index in [0.717, 1.165) is 7.11 Å². The van der Waals surface area contributed by atoms with E-state index in [1.54, 1.807) is 6.92 Å². The smallest absolute Gasteiger partial charge is 0.397 e. The van der Waals surface area contributed by atoms with Crippen LogP contribution in [0.15, 0.2) is 10.7 Å². The summed E-state index contributed by atoms with van der Waals surface area (Å²) >= 11 is 0. The van der Waals surface area contributed by atoms with E-state index in [-0.39, 0.29) is 6.01 Å². The molecule has 1 N–H and O–H groups in total. The van der Waals surface area contributed by atoms with Gasteiger partial charge in [-0.2, -0.15) is 4.98 Å². The summed E-state index contributed by atoms with van der Waals surface area (Å²) in [6, 6.07) is -0.0205. The molecule has 70 valence electrons. The number of methoxy groups -OCH3 is 1. The highest BCUT2D eigenvalue weighted by Crippen LogP contribution is 2.05. The van der Waals surface area contributed by atoms with E-state index in [2.05, 4.69) is 15.0 Å². The minimum absolute atomic E-state index is 0.0205. The van der Waals surface area contributed by atoms with Gasteiger partial charge in [-0.25, -0.2) is 4.79 Å². The zero-order valence-corrected chi connectivity index (χ0v) is 7.16. The molecular formula is C7H8N2O4. The number of nitrogens with zero attached hydrogens (tertiary/aromatic N) is 1. The summed E-state index contributed by atoms with van der Waals surface area (Å²) in [5.74, 6) is -1.90. The van der Waals surface area contributed by atoms with E-state index < -0.39 is 11.9 Å². The quantitative estimate of drug-likeness (QED) is 0.494. The lowest BCUT2D eigenvalue weighted by Gasteiger charge is -1.96. The van der Waals surface area contributed by atoms with Gasteiger partial charge in [0, 0.05) is 0 Å². The molecule has 0 unspecified atom stereocenters. The fraction of sp³-hybridized carbons (Fsp3) is 0.286. The van der Waals surface area contributed by atoms with Gasteiger partial charge in [0.05, 0.1) is 12.8 Å². The third kappa shape index (κ3) is 2.29. The normalized spacial score (nSPS) is 9.38. The topological polar surface area (TPSA) is 81.4 Å². The standard InChI is InChI=1S/C7H8N2O4/c1-4-3-13-7(8-4)9-5(10)6(11)12-2/h3H,1-2H3,(H,8,9,10). The number of amides is 1. The summed E-state index contributed by atoms with van der Waals surface area (Å²) in [5.41, 5.74) is 0.611. The van der Waals surface area contributed by atoms with E-state index in [9.17, 15) is 9.59 Å². The molecule has 0 aromatic carbocycles. The van der Waals surface area contributed by atoms with Crippen LogP contribution in [0.4, 0.5) is 6.01 Å². The number of nitrogens with one attached hydrogen (secondary N) is 1. The first-order valence-electron chi connectivity index (χ1n) is 3.45. The summed E-state index contributed by atoms with van der Waals surface area (Å²) in [7, 11) is 1.11. The SMILES string of the molecule is COC(=O)C(=O)Nc1nc(C)co1. The molecule has 0 aliphatic heterocycles. The van der Waals surface area contributed by atoms with Crippen LogP contribution in [0.1, 0.15) is 5.69 Å². The average Bonchev–Trinajstić information content (AvgIpc) is 2.49. The molecule has 1 rings (SSSR count). The van der Waals surface area contributed by atoms with Crippen LogP contribution in [0.3, 0.4) is 0 Å². The number of oxazole rings is 1. The minimum Gasteiger partial charge on any atom is -0.462 e. The number of carbonyl (C=O) groups excluding carboxylic acids is 2. The van der Waals surface area contributed by atoms with Crippen molar-refractivity contribution in [3.05, 3.63) is 12.0 Å². The molecule has 0 saturated carbocycles. The van der Waals surface area contributed by atoms with Crippen molar-refractivity contribution in [3.63, 3.8) is 0 Å². The molecule has 0 aliphatic carbocycles. The van der Waals surface area contributed by atoms with E-state index in [1.165, 1.54) is 6.26 Å². The summed E-state index contributed by atoms with van der Waals surface area (Å²) in [6.45, 7) is 1.69. The third-order valence-corrected chi connectivity index (χ3v) is 1.21. The lowest BCUT2D eigenvalue weighted by Crippen LogP contribution is -2.23. The molecule has 1 aromatic rings. The summed E-state index contributed by atoms with van der Waals surface area (Å²) in [6.07, 6.45) is 1.35. The molecule has 0 bridgehead atoms. The Balaban J connectivity index is 2.60. The van der Waals surface area contributed by atoms with E-state index >= 15 is 0 Å². The second-order valence-corrected chi connectivity index (χ2v) is 2.24. The molecule has 6 heteroatoms. The molecule has 0 spiro atoms. The predicted molar refractivity (Wildman–Crippen MR) is 41.9 cm³/mol. The lowest BCUT2D eigenvalue weighted by atomic mass is 10.6. The van der Waals surface area contributed by atoms with Gasteiger partial charge >= 0.3 is 17.9 Å². The molecular weight excluding hydrogens is 176 g/mol. The van der Waals surface area contributed by atoms with Gasteiger partial charge in [-0.1, -0.05) is 0 Å². The van der Waals surface area contributed by atoms with Crippen molar-refractivity contribution < 1.29 is 18.7 Å². The number of ether oxygens (including phenoxy) is 1. The molecule has 1 amide bonds. The van der Waals surface area contributed by atoms with Gasteiger partial charge in [-0.3, -0.25) is 10.1 Å². The molecule has 1 aromatic heterocycles. The van der Waals surface area contributed by atoms with Crippen molar-refractivity contribution in [2.45, 2.75) is 6.92 Å².